The van der Waals surface area contributed by atoms with E-state index in [1.54, 1.807) is 0 Å². The molecule has 2 rings (SSSR count). The molecular formula is C15H17FN2OS. The van der Waals surface area contributed by atoms with Crippen LogP contribution in [0.5, 0.6) is 0 Å². The molecule has 0 saturated carbocycles. The van der Waals surface area contributed by atoms with E-state index >= 15 is 0 Å². The highest BCUT2D eigenvalue weighted by Gasteiger charge is 2.18. The number of thioether (sulfide) groups is 1. The molecule has 20 heavy (non-hydrogen) atoms. The monoisotopic (exact) mass is 292 g/mol. The maximum absolute atomic E-state index is 13.3. The van der Waals surface area contributed by atoms with Crippen LogP contribution in [0.4, 0.5) is 4.39 Å². The number of nitrogens with two attached hydrogens (primary N) is 1. The first-order valence-electron chi connectivity index (χ1n) is 6.58. The van der Waals surface area contributed by atoms with E-state index in [9.17, 15) is 9.18 Å². The molecule has 0 radical (unpaired) electrons. The number of halogens is 1. The fourth-order valence-electron chi connectivity index (χ4n) is 2.08. The molecule has 1 aliphatic rings. The molecule has 0 aromatic heterocycles. The Kier molecular flexibility index (Phi) is 5.45. The van der Waals surface area contributed by atoms with Crippen LogP contribution >= 0.6 is 11.8 Å². The van der Waals surface area contributed by atoms with Gasteiger partial charge in [0.2, 0.25) is 0 Å². The lowest BCUT2D eigenvalue weighted by Crippen LogP contribution is -2.38. The molecule has 1 fully saturated rings. The second kappa shape index (κ2) is 7.32. The van der Waals surface area contributed by atoms with Crippen LogP contribution in [0.15, 0.2) is 18.2 Å². The molecule has 1 unspecified atom stereocenters. The number of nitrogens with one attached hydrogen (secondary N) is 1. The highest BCUT2D eigenvalue weighted by atomic mass is 32.2. The Morgan fingerprint density at radius 3 is 3.10 bits per heavy atom. The minimum Gasteiger partial charge on any atom is -0.348 e. The van der Waals surface area contributed by atoms with Crippen molar-refractivity contribution in [3.05, 3.63) is 35.1 Å². The highest BCUT2D eigenvalue weighted by molar-refractivity contribution is 7.99. The number of carbonyl (C=O) groups is 1. The first-order chi connectivity index (χ1) is 9.70. The number of hydrogen-bond donors (Lipinski definition) is 2. The molecule has 1 aromatic carbocycles. The number of amides is 1. The van der Waals surface area contributed by atoms with Gasteiger partial charge < -0.3 is 11.1 Å². The maximum Gasteiger partial charge on any atom is 0.252 e. The van der Waals surface area contributed by atoms with Gasteiger partial charge in [-0.15, -0.1) is 0 Å². The molecule has 1 saturated heterocycles. The molecule has 3 nitrogen and oxygen atoms in total. The zero-order valence-corrected chi connectivity index (χ0v) is 11.9. The van der Waals surface area contributed by atoms with Crippen molar-refractivity contribution in [1.29, 1.82) is 0 Å². The van der Waals surface area contributed by atoms with Crippen LogP contribution in [-0.4, -0.2) is 30.0 Å². The molecule has 1 amide bonds. The zero-order chi connectivity index (χ0) is 14.4. The molecule has 1 heterocycles. The summed E-state index contributed by atoms with van der Waals surface area (Å²) in [6.07, 6.45) is 2.10. The van der Waals surface area contributed by atoms with E-state index in [1.165, 1.54) is 18.2 Å². The van der Waals surface area contributed by atoms with Gasteiger partial charge in [-0.05, 0) is 36.8 Å². The molecule has 1 atom stereocenters. The van der Waals surface area contributed by atoms with Crippen LogP contribution in [0.1, 0.15) is 28.8 Å². The average molecular weight is 292 g/mol. The van der Waals surface area contributed by atoms with Gasteiger partial charge in [0.1, 0.15) is 5.82 Å². The van der Waals surface area contributed by atoms with Crippen LogP contribution in [-0.2, 0) is 0 Å². The molecule has 5 heteroatoms. The van der Waals surface area contributed by atoms with Crippen LogP contribution in [0.2, 0.25) is 0 Å². The normalized spacial score (nSPS) is 18.0. The van der Waals surface area contributed by atoms with Crippen molar-refractivity contribution in [3.8, 4) is 11.8 Å². The van der Waals surface area contributed by atoms with Crippen LogP contribution in [0.25, 0.3) is 0 Å². The fraction of sp³-hybridized carbons (Fsp3) is 0.400. The second-order valence-corrected chi connectivity index (χ2v) is 5.73. The van der Waals surface area contributed by atoms with E-state index in [0.717, 1.165) is 24.3 Å². The maximum atomic E-state index is 13.3. The Morgan fingerprint density at radius 2 is 2.40 bits per heavy atom. The number of rotatable bonds is 2. The van der Waals surface area contributed by atoms with E-state index in [-0.39, 0.29) is 18.5 Å². The van der Waals surface area contributed by atoms with Gasteiger partial charge in [0, 0.05) is 17.4 Å². The summed E-state index contributed by atoms with van der Waals surface area (Å²) in [6.45, 7) is 0.177. The summed E-state index contributed by atoms with van der Waals surface area (Å²) in [4.78, 5) is 12.3. The van der Waals surface area contributed by atoms with Gasteiger partial charge in [-0.25, -0.2) is 4.39 Å². The van der Waals surface area contributed by atoms with Crippen molar-refractivity contribution in [1.82, 2.24) is 5.32 Å². The third-order valence-electron chi connectivity index (χ3n) is 3.05. The first-order valence-corrected chi connectivity index (χ1v) is 7.73. The summed E-state index contributed by atoms with van der Waals surface area (Å²) in [7, 11) is 0. The molecule has 0 bridgehead atoms. The average Bonchev–Trinajstić information content (AvgIpc) is 2.46. The van der Waals surface area contributed by atoms with Crippen molar-refractivity contribution < 1.29 is 9.18 Å². The largest absolute Gasteiger partial charge is 0.348 e. The summed E-state index contributed by atoms with van der Waals surface area (Å²) in [5.74, 6) is 6.88. The second-order valence-electron chi connectivity index (χ2n) is 4.58. The van der Waals surface area contributed by atoms with E-state index < -0.39 is 5.82 Å². The Balaban J connectivity index is 2.15. The SMILES string of the molecule is NCC#Cc1cc(F)ccc1C(=O)NC1CCCSC1. The van der Waals surface area contributed by atoms with E-state index in [0.29, 0.717) is 11.1 Å². The Labute approximate surface area is 122 Å². The third-order valence-corrected chi connectivity index (χ3v) is 4.26. The van der Waals surface area contributed by atoms with Gasteiger partial charge in [-0.3, -0.25) is 4.79 Å². The summed E-state index contributed by atoms with van der Waals surface area (Å²) >= 11 is 1.84. The van der Waals surface area contributed by atoms with Gasteiger partial charge >= 0.3 is 0 Å². The standard InChI is InChI=1S/C15H17FN2OS/c16-12-5-6-14(11(9-12)3-1-7-17)15(19)18-13-4-2-8-20-10-13/h5-6,9,13H,2,4,7-8,10,17H2,(H,18,19). The van der Waals surface area contributed by atoms with Crippen molar-refractivity contribution in [2.75, 3.05) is 18.1 Å². The van der Waals surface area contributed by atoms with Gasteiger partial charge in [0.15, 0.2) is 0 Å². The predicted molar refractivity (Wildman–Crippen MR) is 80.1 cm³/mol. The van der Waals surface area contributed by atoms with E-state index in [4.69, 9.17) is 5.73 Å². The Hall–Kier alpha value is -1.51. The van der Waals surface area contributed by atoms with Gasteiger partial charge in [0.25, 0.3) is 5.91 Å². The van der Waals surface area contributed by atoms with Crippen LogP contribution < -0.4 is 11.1 Å². The zero-order valence-electron chi connectivity index (χ0n) is 11.1. The number of carbonyl (C=O) groups excluding carboxylic acids is 1. The van der Waals surface area contributed by atoms with E-state index in [1.807, 2.05) is 11.8 Å². The van der Waals surface area contributed by atoms with E-state index in [2.05, 4.69) is 17.2 Å². The van der Waals surface area contributed by atoms with Crippen molar-refractivity contribution >= 4 is 17.7 Å². The molecule has 106 valence electrons. The lowest BCUT2D eigenvalue weighted by molar-refractivity contribution is 0.0938. The molecule has 1 aromatic rings. The number of benzene rings is 1. The highest BCUT2D eigenvalue weighted by Crippen LogP contribution is 2.18. The molecule has 0 aliphatic carbocycles. The predicted octanol–water partition coefficient (Wildman–Crippen LogP) is 1.76. The van der Waals surface area contributed by atoms with Gasteiger partial charge in [-0.1, -0.05) is 11.8 Å². The Bertz CT molecular complexity index is 545. The van der Waals surface area contributed by atoms with Crippen molar-refractivity contribution in [2.45, 2.75) is 18.9 Å². The Morgan fingerprint density at radius 1 is 1.55 bits per heavy atom. The quantitative estimate of drug-likeness (QED) is 0.817. The molecule has 1 aliphatic heterocycles. The third kappa shape index (κ3) is 3.99. The smallest absolute Gasteiger partial charge is 0.252 e. The van der Waals surface area contributed by atoms with Crippen LogP contribution in [0.3, 0.4) is 0 Å². The van der Waals surface area contributed by atoms with Gasteiger partial charge in [-0.2, -0.15) is 11.8 Å². The van der Waals surface area contributed by atoms with Crippen molar-refractivity contribution in [3.63, 3.8) is 0 Å². The van der Waals surface area contributed by atoms with Crippen molar-refractivity contribution in [2.24, 2.45) is 5.73 Å². The minimum absolute atomic E-state index is 0.177. The van der Waals surface area contributed by atoms with Crippen LogP contribution in [0, 0.1) is 17.7 Å². The molecular weight excluding hydrogens is 275 g/mol. The summed E-state index contributed by atoms with van der Waals surface area (Å²) in [5.41, 5.74) is 6.11. The lowest BCUT2D eigenvalue weighted by Gasteiger charge is -2.22. The van der Waals surface area contributed by atoms with Gasteiger partial charge in [0.05, 0.1) is 12.1 Å². The fourth-order valence-corrected chi connectivity index (χ4v) is 3.15. The summed E-state index contributed by atoms with van der Waals surface area (Å²) in [5, 5.41) is 2.99. The first kappa shape index (κ1) is 14.9. The number of hydrogen-bond acceptors (Lipinski definition) is 3. The molecule has 3 N–H and O–H groups in total. The molecule has 0 spiro atoms. The topological polar surface area (TPSA) is 55.1 Å². The minimum atomic E-state index is -0.406. The summed E-state index contributed by atoms with van der Waals surface area (Å²) < 4.78 is 13.3. The summed E-state index contributed by atoms with van der Waals surface area (Å²) in [6, 6.07) is 4.20. The lowest BCUT2D eigenvalue weighted by atomic mass is 10.1.